The number of nitrogens with two attached hydrogens (primary N) is 2. The monoisotopic (exact) mass is 394 g/mol. The molecule has 8 heteroatoms. The lowest BCUT2D eigenvalue weighted by Crippen LogP contribution is -2.44. The summed E-state index contributed by atoms with van der Waals surface area (Å²) in [5, 5.41) is 4.29. The Morgan fingerprint density at radius 1 is 1.17 bits per heavy atom. The Morgan fingerprint density at radius 3 is 2.66 bits per heavy atom. The van der Waals surface area contributed by atoms with Crippen LogP contribution in [-0.2, 0) is 13.0 Å². The number of nitrogen functional groups attached to an aromatic ring is 2. The minimum absolute atomic E-state index is 0.130. The molecule has 1 aliphatic heterocycles. The summed E-state index contributed by atoms with van der Waals surface area (Å²) < 4.78 is 11.7. The molecular weight excluding hydrogens is 368 g/mol. The van der Waals surface area contributed by atoms with E-state index in [1.54, 1.807) is 0 Å². The third-order valence-electron chi connectivity index (χ3n) is 5.33. The van der Waals surface area contributed by atoms with E-state index >= 15 is 0 Å². The fourth-order valence-electron chi connectivity index (χ4n) is 3.86. The Kier molecular flexibility index (Phi) is 4.87. The summed E-state index contributed by atoms with van der Waals surface area (Å²) in [6.45, 7) is 8.38. The van der Waals surface area contributed by atoms with Gasteiger partial charge in [-0.1, -0.05) is 42.4 Å². The highest BCUT2D eigenvalue weighted by molar-refractivity contribution is 5.63. The molecule has 0 aliphatic carbocycles. The first-order valence-electron chi connectivity index (χ1n) is 9.72. The number of hydrogen-bond donors (Lipinski definition) is 2. The molecule has 0 unspecified atom stereocenters. The van der Waals surface area contributed by atoms with E-state index in [1.807, 2.05) is 37.3 Å². The third kappa shape index (κ3) is 3.75. The first kappa shape index (κ1) is 19.2. The van der Waals surface area contributed by atoms with Crippen molar-refractivity contribution in [1.29, 1.82) is 0 Å². The summed E-state index contributed by atoms with van der Waals surface area (Å²) in [5.74, 6) is 1.83. The van der Waals surface area contributed by atoms with Gasteiger partial charge in [-0.2, -0.15) is 9.97 Å². The molecule has 0 spiro atoms. The van der Waals surface area contributed by atoms with Gasteiger partial charge in [0.15, 0.2) is 0 Å². The Labute approximate surface area is 169 Å². The second-order valence-electron chi connectivity index (χ2n) is 7.71. The van der Waals surface area contributed by atoms with E-state index in [9.17, 15) is 0 Å². The van der Waals surface area contributed by atoms with Gasteiger partial charge in [-0.3, -0.25) is 4.90 Å². The molecule has 3 aromatic rings. The van der Waals surface area contributed by atoms with Crippen LogP contribution in [0.5, 0.6) is 5.88 Å². The molecular formula is C21H26N6O2. The molecule has 0 saturated heterocycles. The van der Waals surface area contributed by atoms with Crippen molar-refractivity contribution >= 4 is 11.8 Å². The minimum atomic E-state index is -0.465. The average Bonchev–Trinajstić information content (AvgIpc) is 3.22. The highest BCUT2D eigenvalue weighted by Gasteiger charge is 2.39. The van der Waals surface area contributed by atoms with Gasteiger partial charge in [-0.15, -0.1) is 0 Å². The number of ether oxygens (including phenoxy) is 1. The van der Waals surface area contributed by atoms with Crippen LogP contribution in [0.15, 0.2) is 34.9 Å². The summed E-state index contributed by atoms with van der Waals surface area (Å²) >= 11 is 0. The normalized spacial score (nSPS) is 18.1. The Morgan fingerprint density at radius 2 is 1.93 bits per heavy atom. The van der Waals surface area contributed by atoms with E-state index in [4.69, 9.17) is 20.7 Å². The zero-order valence-electron chi connectivity index (χ0n) is 17.0. The second-order valence-corrected chi connectivity index (χ2v) is 7.71. The third-order valence-corrected chi connectivity index (χ3v) is 5.33. The van der Waals surface area contributed by atoms with Crippen LogP contribution in [0.4, 0.5) is 11.8 Å². The van der Waals surface area contributed by atoms with Gasteiger partial charge in [-0.25, -0.2) is 0 Å². The minimum Gasteiger partial charge on any atom is -0.469 e. The molecule has 1 atom stereocenters. The van der Waals surface area contributed by atoms with Gasteiger partial charge >= 0.3 is 0 Å². The molecule has 1 aromatic carbocycles. The molecule has 1 aliphatic rings. The molecule has 3 heterocycles. The maximum atomic E-state index is 6.16. The van der Waals surface area contributed by atoms with Crippen LogP contribution in [0, 0.1) is 6.92 Å². The zero-order chi connectivity index (χ0) is 20.6. The van der Waals surface area contributed by atoms with Gasteiger partial charge < -0.3 is 20.7 Å². The van der Waals surface area contributed by atoms with Crippen molar-refractivity contribution in [2.45, 2.75) is 39.3 Å². The predicted molar refractivity (Wildman–Crippen MR) is 111 cm³/mol. The van der Waals surface area contributed by atoms with E-state index in [0.29, 0.717) is 31.2 Å². The van der Waals surface area contributed by atoms with E-state index in [2.05, 4.69) is 33.9 Å². The van der Waals surface area contributed by atoms with Gasteiger partial charge in [0.05, 0.1) is 5.56 Å². The van der Waals surface area contributed by atoms with Crippen LogP contribution < -0.4 is 16.2 Å². The summed E-state index contributed by atoms with van der Waals surface area (Å²) in [7, 11) is 0. The number of nitrogens with zero attached hydrogens (tertiary/aromatic N) is 4. The summed E-state index contributed by atoms with van der Waals surface area (Å²) in [5.41, 5.74) is 15.1. The number of fused-ring (bicyclic) bond motifs is 1. The van der Waals surface area contributed by atoms with Crippen LogP contribution in [0.3, 0.4) is 0 Å². The smallest absolute Gasteiger partial charge is 0.225 e. The molecule has 4 rings (SSSR count). The van der Waals surface area contributed by atoms with E-state index < -0.39 is 5.60 Å². The molecule has 0 fully saturated rings. The first-order valence-corrected chi connectivity index (χ1v) is 9.72. The Hall–Kier alpha value is -3.13. The summed E-state index contributed by atoms with van der Waals surface area (Å²) in [6.07, 6.45) is 0.638. The van der Waals surface area contributed by atoms with Crippen LogP contribution in [-0.4, -0.2) is 38.7 Å². The van der Waals surface area contributed by atoms with Crippen molar-refractivity contribution < 1.29 is 9.26 Å². The quantitative estimate of drug-likeness (QED) is 0.655. The molecule has 0 saturated carbocycles. The summed E-state index contributed by atoms with van der Waals surface area (Å²) in [6, 6.07) is 10.1. The first-order chi connectivity index (χ1) is 13.9. The van der Waals surface area contributed by atoms with Crippen LogP contribution in [0.1, 0.15) is 30.7 Å². The van der Waals surface area contributed by atoms with E-state index in [0.717, 1.165) is 34.7 Å². The SMILES string of the molecule is CCN(Cc1c(-c2ccccc2)noc1C)C[C@]1(C)Cc2c(N)nc(N)nc2O1. The number of aromatic nitrogens is 3. The fraction of sp³-hybridized carbons (Fsp3) is 0.381. The van der Waals surface area contributed by atoms with Crippen molar-refractivity contribution in [3.63, 3.8) is 0 Å². The number of rotatable bonds is 6. The predicted octanol–water partition coefficient (Wildman–Crippen LogP) is 2.82. The number of benzene rings is 1. The van der Waals surface area contributed by atoms with Crippen molar-refractivity contribution in [2.24, 2.45) is 0 Å². The van der Waals surface area contributed by atoms with Crippen molar-refractivity contribution in [3.05, 3.63) is 47.2 Å². The highest BCUT2D eigenvalue weighted by Crippen LogP contribution is 2.37. The topological polar surface area (TPSA) is 116 Å². The molecule has 8 nitrogen and oxygen atoms in total. The van der Waals surface area contributed by atoms with Crippen molar-refractivity contribution in [2.75, 3.05) is 24.6 Å². The van der Waals surface area contributed by atoms with Crippen molar-refractivity contribution in [1.82, 2.24) is 20.0 Å². The van der Waals surface area contributed by atoms with Gasteiger partial charge in [0.25, 0.3) is 0 Å². The van der Waals surface area contributed by atoms with Crippen LogP contribution in [0.2, 0.25) is 0 Å². The van der Waals surface area contributed by atoms with Gasteiger partial charge in [0.2, 0.25) is 11.8 Å². The maximum Gasteiger partial charge on any atom is 0.225 e. The van der Waals surface area contributed by atoms with E-state index in [1.165, 1.54) is 0 Å². The van der Waals surface area contributed by atoms with Gasteiger partial charge in [-0.05, 0) is 20.4 Å². The maximum absolute atomic E-state index is 6.16. The largest absolute Gasteiger partial charge is 0.469 e. The van der Waals surface area contributed by atoms with Gasteiger partial charge in [0.1, 0.15) is 22.9 Å². The highest BCUT2D eigenvalue weighted by atomic mass is 16.5. The lowest BCUT2D eigenvalue weighted by Gasteiger charge is -2.31. The lowest BCUT2D eigenvalue weighted by atomic mass is 9.98. The molecule has 0 amide bonds. The Bertz CT molecular complexity index is 1020. The fourth-order valence-corrected chi connectivity index (χ4v) is 3.86. The number of aryl methyl sites for hydroxylation is 1. The summed E-state index contributed by atoms with van der Waals surface area (Å²) in [4.78, 5) is 10.6. The number of anilines is 2. The van der Waals surface area contributed by atoms with Crippen LogP contribution >= 0.6 is 0 Å². The Balaban J connectivity index is 1.55. The molecule has 0 bridgehead atoms. The molecule has 4 N–H and O–H groups in total. The van der Waals surface area contributed by atoms with Crippen molar-refractivity contribution in [3.8, 4) is 17.1 Å². The molecule has 2 aromatic heterocycles. The molecule has 0 radical (unpaired) electrons. The molecule has 152 valence electrons. The number of hydrogen-bond acceptors (Lipinski definition) is 8. The van der Waals surface area contributed by atoms with E-state index in [-0.39, 0.29) is 5.95 Å². The molecule has 29 heavy (non-hydrogen) atoms. The standard InChI is InChI=1S/C21H26N6O2/c1-4-27(11-16-13(2)29-26-17(16)14-8-6-5-7-9-14)12-21(3)10-15-18(22)24-20(23)25-19(15)28-21/h5-9H,4,10-12H2,1-3H3,(H4,22,23,24,25)/t21-/m0/s1. The lowest BCUT2D eigenvalue weighted by molar-refractivity contribution is 0.0590. The van der Waals surface area contributed by atoms with Gasteiger partial charge in [0, 0.05) is 30.6 Å². The number of likely N-dealkylation sites (N-methyl/N-ethyl adjacent to an activating group) is 1. The van der Waals surface area contributed by atoms with Crippen LogP contribution in [0.25, 0.3) is 11.3 Å². The second kappa shape index (κ2) is 7.36. The zero-order valence-corrected chi connectivity index (χ0v) is 17.0. The average molecular weight is 394 g/mol.